The van der Waals surface area contributed by atoms with E-state index in [9.17, 15) is 9.18 Å². The Morgan fingerprint density at radius 1 is 1.45 bits per heavy atom. The summed E-state index contributed by atoms with van der Waals surface area (Å²) in [6.45, 7) is 5.86. The molecule has 1 aliphatic heterocycles. The van der Waals surface area contributed by atoms with Gasteiger partial charge in [-0.05, 0) is 30.7 Å². The molecule has 0 bridgehead atoms. The first-order chi connectivity index (χ1) is 9.61. The molecular weight excluding hydrogens is 259 g/mol. The molecule has 20 heavy (non-hydrogen) atoms. The predicted octanol–water partition coefficient (Wildman–Crippen LogP) is 1.37. The zero-order valence-corrected chi connectivity index (χ0v) is 11.9. The molecule has 1 fully saturated rings. The lowest BCUT2D eigenvalue weighted by Gasteiger charge is -2.17. The number of ether oxygens (including phenoxy) is 1. The molecule has 1 amide bonds. The van der Waals surface area contributed by atoms with Gasteiger partial charge in [-0.2, -0.15) is 0 Å². The van der Waals surface area contributed by atoms with Gasteiger partial charge in [0.1, 0.15) is 5.82 Å². The fourth-order valence-electron chi connectivity index (χ4n) is 2.34. The number of halogens is 1. The van der Waals surface area contributed by atoms with E-state index in [1.54, 1.807) is 13.0 Å². The third-order valence-corrected chi connectivity index (χ3v) is 3.59. The molecule has 1 heterocycles. The first-order valence-corrected chi connectivity index (χ1v) is 6.95. The second-order valence-electron chi connectivity index (χ2n) is 5.11. The maximum atomic E-state index is 13.4. The molecule has 1 aromatic carbocycles. The molecule has 2 rings (SSSR count). The Bertz CT molecular complexity index is 479. The van der Waals surface area contributed by atoms with Crippen LogP contribution in [0.5, 0.6) is 0 Å². The number of benzene rings is 1. The lowest BCUT2D eigenvalue weighted by molar-refractivity contribution is -0.125. The quantitative estimate of drug-likeness (QED) is 0.856. The number of nitrogens with one attached hydrogen (secondary N) is 2. The number of hydrogen-bond acceptors (Lipinski definition) is 3. The van der Waals surface area contributed by atoms with Crippen molar-refractivity contribution >= 4 is 5.91 Å². The summed E-state index contributed by atoms with van der Waals surface area (Å²) in [5.74, 6) is -0.467. The van der Waals surface area contributed by atoms with Gasteiger partial charge in [0.15, 0.2) is 0 Å². The minimum atomic E-state index is -0.244. The van der Waals surface area contributed by atoms with Crippen LogP contribution in [0.1, 0.15) is 18.1 Å². The highest BCUT2D eigenvalue weighted by Crippen LogP contribution is 2.14. The Morgan fingerprint density at radius 3 is 2.95 bits per heavy atom. The van der Waals surface area contributed by atoms with Gasteiger partial charge >= 0.3 is 0 Å². The van der Waals surface area contributed by atoms with Crippen molar-refractivity contribution in [1.82, 2.24) is 10.6 Å². The summed E-state index contributed by atoms with van der Waals surface area (Å²) in [7, 11) is 0. The highest BCUT2D eigenvalue weighted by molar-refractivity contribution is 5.79. The number of rotatable bonds is 5. The van der Waals surface area contributed by atoms with Gasteiger partial charge in [-0.3, -0.25) is 4.79 Å². The number of hydrogen-bond donors (Lipinski definition) is 2. The standard InChI is InChI=1S/C15H21FN2O2/c1-3-17-14-9-20-8-12(14)15(19)18-7-11-5-4-10(2)13(16)6-11/h4-6,12,14,17H,3,7-9H2,1-2H3,(H,18,19). The van der Waals surface area contributed by atoms with E-state index in [1.807, 2.05) is 13.0 Å². The van der Waals surface area contributed by atoms with Gasteiger partial charge in [-0.1, -0.05) is 19.1 Å². The molecule has 0 aliphatic carbocycles. The van der Waals surface area contributed by atoms with Crippen LogP contribution in [0.4, 0.5) is 4.39 Å². The van der Waals surface area contributed by atoms with Crippen LogP contribution in [-0.2, 0) is 16.1 Å². The maximum Gasteiger partial charge on any atom is 0.227 e. The van der Waals surface area contributed by atoms with Gasteiger partial charge in [0, 0.05) is 12.6 Å². The molecule has 0 radical (unpaired) electrons. The van der Waals surface area contributed by atoms with E-state index in [0.717, 1.165) is 12.1 Å². The van der Waals surface area contributed by atoms with Gasteiger partial charge in [-0.15, -0.1) is 0 Å². The van der Waals surface area contributed by atoms with E-state index in [0.29, 0.717) is 25.3 Å². The number of carbonyl (C=O) groups is 1. The molecule has 2 unspecified atom stereocenters. The minimum absolute atomic E-state index is 0.0468. The van der Waals surface area contributed by atoms with Crippen molar-refractivity contribution in [2.24, 2.45) is 5.92 Å². The molecule has 2 atom stereocenters. The maximum absolute atomic E-state index is 13.4. The topological polar surface area (TPSA) is 50.4 Å². The van der Waals surface area contributed by atoms with Gasteiger partial charge in [0.2, 0.25) is 5.91 Å². The van der Waals surface area contributed by atoms with Crippen LogP contribution in [0, 0.1) is 18.7 Å². The lowest BCUT2D eigenvalue weighted by Crippen LogP contribution is -2.43. The zero-order valence-electron chi connectivity index (χ0n) is 11.9. The lowest BCUT2D eigenvalue weighted by atomic mass is 10.0. The van der Waals surface area contributed by atoms with Crippen LogP contribution < -0.4 is 10.6 Å². The zero-order chi connectivity index (χ0) is 14.5. The van der Waals surface area contributed by atoms with Crippen molar-refractivity contribution in [3.63, 3.8) is 0 Å². The second-order valence-corrected chi connectivity index (χ2v) is 5.11. The molecule has 2 N–H and O–H groups in total. The Kier molecular flexibility index (Phi) is 5.09. The molecule has 110 valence electrons. The molecule has 0 aromatic heterocycles. The average Bonchev–Trinajstić information content (AvgIpc) is 2.88. The Hall–Kier alpha value is -1.46. The van der Waals surface area contributed by atoms with Crippen molar-refractivity contribution in [3.8, 4) is 0 Å². The fourth-order valence-corrected chi connectivity index (χ4v) is 2.34. The summed E-state index contributed by atoms with van der Waals surface area (Å²) < 4.78 is 18.8. The van der Waals surface area contributed by atoms with Gasteiger partial charge in [0.25, 0.3) is 0 Å². The molecule has 1 saturated heterocycles. The Balaban J connectivity index is 1.89. The van der Waals surface area contributed by atoms with Crippen LogP contribution >= 0.6 is 0 Å². The summed E-state index contributed by atoms with van der Waals surface area (Å²) in [5.41, 5.74) is 1.37. The largest absolute Gasteiger partial charge is 0.379 e. The average molecular weight is 280 g/mol. The molecule has 5 heteroatoms. The first-order valence-electron chi connectivity index (χ1n) is 6.95. The van der Waals surface area contributed by atoms with E-state index < -0.39 is 0 Å². The van der Waals surface area contributed by atoms with Crippen molar-refractivity contribution < 1.29 is 13.9 Å². The van der Waals surface area contributed by atoms with E-state index in [4.69, 9.17) is 4.74 Å². The van der Waals surface area contributed by atoms with Crippen molar-refractivity contribution in [3.05, 3.63) is 35.1 Å². The molecule has 0 saturated carbocycles. The normalized spacial score (nSPS) is 21.9. The van der Waals surface area contributed by atoms with Crippen molar-refractivity contribution in [2.75, 3.05) is 19.8 Å². The monoisotopic (exact) mass is 280 g/mol. The third-order valence-electron chi connectivity index (χ3n) is 3.59. The highest BCUT2D eigenvalue weighted by atomic mass is 19.1. The molecule has 1 aromatic rings. The van der Waals surface area contributed by atoms with Crippen molar-refractivity contribution in [2.45, 2.75) is 26.4 Å². The van der Waals surface area contributed by atoms with E-state index >= 15 is 0 Å². The summed E-state index contributed by atoms with van der Waals surface area (Å²) in [6, 6.07) is 5.07. The van der Waals surface area contributed by atoms with Crippen LogP contribution in [0.15, 0.2) is 18.2 Å². The summed E-state index contributed by atoms with van der Waals surface area (Å²) in [4.78, 5) is 12.1. The predicted molar refractivity (Wildman–Crippen MR) is 74.8 cm³/mol. The minimum Gasteiger partial charge on any atom is -0.379 e. The van der Waals surface area contributed by atoms with Crippen LogP contribution in [-0.4, -0.2) is 31.7 Å². The molecular formula is C15H21FN2O2. The number of aryl methyl sites for hydroxylation is 1. The Morgan fingerprint density at radius 2 is 2.25 bits per heavy atom. The SMILES string of the molecule is CCNC1COCC1C(=O)NCc1ccc(C)c(F)c1. The smallest absolute Gasteiger partial charge is 0.227 e. The summed E-state index contributed by atoms with van der Waals surface area (Å²) in [6.07, 6.45) is 0. The number of amides is 1. The van der Waals surface area contributed by atoms with Crippen LogP contribution in [0.2, 0.25) is 0 Å². The van der Waals surface area contributed by atoms with Crippen LogP contribution in [0.3, 0.4) is 0 Å². The number of likely N-dealkylation sites (N-methyl/N-ethyl adjacent to an activating group) is 1. The fraction of sp³-hybridized carbons (Fsp3) is 0.533. The van der Waals surface area contributed by atoms with Gasteiger partial charge in [0.05, 0.1) is 19.1 Å². The highest BCUT2D eigenvalue weighted by Gasteiger charge is 2.33. The van der Waals surface area contributed by atoms with Gasteiger partial charge < -0.3 is 15.4 Å². The van der Waals surface area contributed by atoms with E-state index in [1.165, 1.54) is 6.07 Å². The number of carbonyl (C=O) groups excluding carboxylic acids is 1. The van der Waals surface area contributed by atoms with Crippen LogP contribution in [0.25, 0.3) is 0 Å². The summed E-state index contributed by atoms with van der Waals surface area (Å²) >= 11 is 0. The summed E-state index contributed by atoms with van der Waals surface area (Å²) in [5, 5.41) is 6.09. The Labute approximate surface area is 118 Å². The van der Waals surface area contributed by atoms with E-state index in [2.05, 4.69) is 10.6 Å². The molecule has 1 aliphatic rings. The molecule has 0 spiro atoms. The molecule has 4 nitrogen and oxygen atoms in total. The third kappa shape index (κ3) is 3.55. The first kappa shape index (κ1) is 14.9. The van der Waals surface area contributed by atoms with E-state index in [-0.39, 0.29) is 23.7 Å². The van der Waals surface area contributed by atoms with Gasteiger partial charge in [-0.25, -0.2) is 4.39 Å². The van der Waals surface area contributed by atoms with Crippen molar-refractivity contribution in [1.29, 1.82) is 0 Å². The second kappa shape index (κ2) is 6.81.